The highest BCUT2D eigenvalue weighted by atomic mass is 32.2. The maximum absolute atomic E-state index is 12.0. The number of rotatable bonds is 6. The molecule has 23 heavy (non-hydrogen) atoms. The highest BCUT2D eigenvalue weighted by Gasteiger charge is 2.13. The van der Waals surface area contributed by atoms with Crippen LogP contribution in [0.25, 0.3) is 0 Å². The number of hydrogen-bond acceptors (Lipinski definition) is 6. The standard InChI is InChI=1S/C14H17N5O3S/c1-8(2)13-16-14(18-17-13)23-7-12(20)15-11-6-10(19(21)22)5-4-9(11)3/h4-6,8H,7H2,1-3H3,(H,15,20)(H,16,17,18). The van der Waals surface area contributed by atoms with Crippen LogP contribution in [0, 0.1) is 17.0 Å². The second-order valence-corrected chi connectivity index (χ2v) is 6.19. The summed E-state index contributed by atoms with van der Waals surface area (Å²) >= 11 is 1.20. The molecular weight excluding hydrogens is 318 g/mol. The molecule has 0 spiro atoms. The zero-order chi connectivity index (χ0) is 17.0. The Morgan fingerprint density at radius 3 is 2.83 bits per heavy atom. The number of aryl methyl sites for hydroxylation is 1. The number of anilines is 1. The van der Waals surface area contributed by atoms with E-state index < -0.39 is 4.92 Å². The number of nitro groups is 1. The molecule has 1 aromatic carbocycles. The molecule has 8 nitrogen and oxygen atoms in total. The molecule has 0 aliphatic rings. The summed E-state index contributed by atoms with van der Waals surface area (Å²) in [4.78, 5) is 26.6. The van der Waals surface area contributed by atoms with E-state index in [4.69, 9.17) is 0 Å². The van der Waals surface area contributed by atoms with E-state index in [0.717, 1.165) is 11.4 Å². The molecule has 0 unspecified atom stereocenters. The average molecular weight is 335 g/mol. The van der Waals surface area contributed by atoms with Gasteiger partial charge in [0, 0.05) is 18.1 Å². The largest absolute Gasteiger partial charge is 0.325 e. The fourth-order valence-electron chi connectivity index (χ4n) is 1.76. The van der Waals surface area contributed by atoms with Crippen molar-refractivity contribution in [2.45, 2.75) is 31.8 Å². The number of nitrogens with zero attached hydrogens (tertiary/aromatic N) is 3. The van der Waals surface area contributed by atoms with Crippen LogP contribution in [-0.4, -0.2) is 31.8 Å². The summed E-state index contributed by atoms with van der Waals surface area (Å²) < 4.78 is 0. The van der Waals surface area contributed by atoms with Crippen LogP contribution in [0.3, 0.4) is 0 Å². The average Bonchev–Trinajstić information content (AvgIpc) is 2.96. The first-order valence-electron chi connectivity index (χ1n) is 6.97. The van der Waals surface area contributed by atoms with Gasteiger partial charge < -0.3 is 5.32 Å². The molecule has 9 heteroatoms. The number of carbonyl (C=O) groups excluding carboxylic acids is 1. The van der Waals surface area contributed by atoms with Crippen LogP contribution in [0.4, 0.5) is 11.4 Å². The summed E-state index contributed by atoms with van der Waals surface area (Å²) in [6.45, 7) is 5.76. The van der Waals surface area contributed by atoms with Gasteiger partial charge in [-0.2, -0.15) is 0 Å². The Balaban J connectivity index is 1.96. The van der Waals surface area contributed by atoms with E-state index in [1.54, 1.807) is 13.0 Å². The van der Waals surface area contributed by atoms with Crippen molar-refractivity contribution in [1.29, 1.82) is 0 Å². The topological polar surface area (TPSA) is 114 Å². The molecule has 1 amide bonds. The molecule has 0 atom stereocenters. The second kappa shape index (κ2) is 7.23. The Morgan fingerprint density at radius 1 is 1.48 bits per heavy atom. The van der Waals surface area contributed by atoms with Gasteiger partial charge in [0.15, 0.2) is 0 Å². The highest BCUT2D eigenvalue weighted by molar-refractivity contribution is 7.99. The summed E-state index contributed by atoms with van der Waals surface area (Å²) in [5, 5.41) is 20.8. The lowest BCUT2D eigenvalue weighted by Gasteiger charge is -2.07. The van der Waals surface area contributed by atoms with Crippen LogP contribution in [-0.2, 0) is 4.79 Å². The van der Waals surface area contributed by atoms with E-state index >= 15 is 0 Å². The zero-order valence-electron chi connectivity index (χ0n) is 13.0. The molecule has 122 valence electrons. The molecule has 0 radical (unpaired) electrons. The van der Waals surface area contributed by atoms with Gasteiger partial charge in [-0.1, -0.05) is 31.7 Å². The Labute approximate surface area is 137 Å². The molecule has 0 bridgehead atoms. The van der Waals surface area contributed by atoms with Gasteiger partial charge in [0.2, 0.25) is 11.1 Å². The monoisotopic (exact) mass is 335 g/mol. The van der Waals surface area contributed by atoms with Crippen LogP contribution >= 0.6 is 11.8 Å². The lowest BCUT2D eigenvalue weighted by atomic mass is 10.2. The van der Waals surface area contributed by atoms with Crippen LogP contribution < -0.4 is 5.32 Å². The number of non-ortho nitro benzene ring substituents is 1. The van der Waals surface area contributed by atoms with Crippen molar-refractivity contribution in [1.82, 2.24) is 15.2 Å². The van der Waals surface area contributed by atoms with Crippen LogP contribution in [0.5, 0.6) is 0 Å². The SMILES string of the molecule is Cc1ccc([N+](=O)[O-])cc1NC(=O)CSc1n[nH]c(C(C)C)n1. The van der Waals surface area contributed by atoms with E-state index in [-0.39, 0.29) is 23.3 Å². The Bertz CT molecular complexity index is 729. The first kappa shape index (κ1) is 16.9. The van der Waals surface area contributed by atoms with E-state index in [1.165, 1.54) is 23.9 Å². The summed E-state index contributed by atoms with van der Waals surface area (Å²) in [5.41, 5.74) is 1.13. The molecule has 2 N–H and O–H groups in total. The summed E-state index contributed by atoms with van der Waals surface area (Å²) in [5.74, 6) is 0.854. The van der Waals surface area contributed by atoms with Crippen LogP contribution in [0.2, 0.25) is 0 Å². The Kier molecular flexibility index (Phi) is 5.32. The third-order valence-electron chi connectivity index (χ3n) is 3.07. The fraction of sp³-hybridized carbons (Fsp3) is 0.357. The third-order valence-corrected chi connectivity index (χ3v) is 3.91. The normalized spacial score (nSPS) is 10.8. The smallest absolute Gasteiger partial charge is 0.271 e. The van der Waals surface area contributed by atoms with Gasteiger partial charge in [-0.15, -0.1) is 5.10 Å². The molecule has 0 saturated carbocycles. The number of hydrogen-bond donors (Lipinski definition) is 2. The van der Waals surface area contributed by atoms with Gasteiger partial charge in [0.1, 0.15) is 5.82 Å². The molecular formula is C14H17N5O3S. The van der Waals surface area contributed by atoms with Crippen molar-refractivity contribution >= 4 is 29.0 Å². The molecule has 0 aliphatic heterocycles. The number of aromatic amines is 1. The maximum atomic E-state index is 12.0. The predicted molar refractivity (Wildman–Crippen MR) is 87.7 cm³/mol. The number of amides is 1. The lowest BCUT2D eigenvalue weighted by molar-refractivity contribution is -0.384. The maximum Gasteiger partial charge on any atom is 0.271 e. The highest BCUT2D eigenvalue weighted by Crippen LogP contribution is 2.22. The Morgan fingerprint density at radius 2 is 2.22 bits per heavy atom. The number of benzene rings is 1. The number of H-pyrrole nitrogens is 1. The minimum absolute atomic E-state index is 0.0610. The molecule has 1 heterocycles. The summed E-state index contributed by atoms with van der Waals surface area (Å²) in [7, 11) is 0. The van der Waals surface area contributed by atoms with E-state index in [2.05, 4.69) is 20.5 Å². The molecule has 1 aromatic heterocycles. The van der Waals surface area contributed by atoms with Gasteiger partial charge in [-0.25, -0.2) is 4.98 Å². The van der Waals surface area contributed by atoms with Crippen molar-refractivity contribution in [2.75, 3.05) is 11.1 Å². The summed E-state index contributed by atoms with van der Waals surface area (Å²) in [6.07, 6.45) is 0. The second-order valence-electron chi connectivity index (χ2n) is 5.25. The molecule has 0 fully saturated rings. The van der Waals surface area contributed by atoms with Crippen LogP contribution in [0.15, 0.2) is 23.4 Å². The van der Waals surface area contributed by atoms with Crippen molar-refractivity contribution in [3.05, 3.63) is 39.7 Å². The third kappa shape index (κ3) is 4.52. The van der Waals surface area contributed by atoms with Gasteiger partial charge >= 0.3 is 0 Å². The first-order chi connectivity index (χ1) is 10.9. The van der Waals surface area contributed by atoms with E-state index in [0.29, 0.717) is 10.8 Å². The van der Waals surface area contributed by atoms with Crippen molar-refractivity contribution in [2.24, 2.45) is 0 Å². The molecule has 2 rings (SSSR count). The van der Waals surface area contributed by atoms with Crippen molar-refractivity contribution in [3.63, 3.8) is 0 Å². The zero-order valence-corrected chi connectivity index (χ0v) is 13.8. The number of thioether (sulfide) groups is 1. The number of carbonyl (C=O) groups is 1. The first-order valence-corrected chi connectivity index (χ1v) is 7.95. The van der Waals surface area contributed by atoms with Gasteiger partial charge in [-0.3, -0.25) is 20.0 Å². The number of nitrogens with one attached hydrogen (secondary N) is 2. The van der Waals surface area contributed by atoms with Gasteiger partial charge in [0.25, 0.3) is 5.69 Å². The van der Waals surface area contributed by atoms with Gasteiger partial charge in [-0.05, 0) is 12.5 Å². The number of aromatic nitrogens is 3. The summed E-state index contributed by atoms with van der Waals surface area (Å²) in [6, 6.07) is 4.35. The molecule has 0 saturated heterocycles. The van der Waals surface area contributed by atoms with Crippen molar-refractivity contribution in [3.8, 4) is 0 Å². The van der Waals surface area contributed by atoms with Gasteiger partial charge in [0.05, 0.1) is 16.4 Å². The van der Waals surface area contributed by atoms with E-state index in [9.17, 15) is 14.9 Å². The quantitative estimate of drug-likeness (QED) is 0.476. The minimum atomic E-state index is -0.495. The predicted octanol–water partition coefficient (Wildman–Crippen LogP) is 2.88. The minimum Gasteiger partial charge on any atom is -0.325 e. The molecule has 0 aliphatic carbocycles. The fourth-order valence-corrected chi connectivity index (χ4v) is 2.36. The van der Waals surface area contributed by atoms with Crippen molar-refractivity contribution < 1.29 is 9.72 Å². The van der Waals surface area contributed by atoms with Crippen LogP contribution in [0.1, 0.15) is 31.2 Å². The lowest BCUT2D eigenvalue weighted by Crippen LogP contribution is -2.15. The number of nitro benzene ring substituents is 1. The van der Waals surface area contributed by atoms with E-state index in [1.807, 2.05) is 13.8 Å². The Hall–Kier alpha value is -2.42. The molecule has 2 aromatic rings.